The van der Waals surface area contributed by atoms with Gasteiger partial charge in [0.2, 0.25) is 5.69 Å². The second kappa shape index (κ2) is 20.7. The number of nitrogens with zero attached hydrogens (tertiary/aromatic N) is 1. The average Bonchev–Trinajstić information content (AvgIpc) is 2.87. The highest BCUT2D eigenvalue weighted by atomic mass is 127. The molecule has 6 heteroatoms. The molecule has 0 fully saturated rings. The zero-order chi connectivity index (χ0) is 25.1. The molecule has 4 nitrogen and oxygen atoms in total. The zero-order valence-corrected chi connectivity index (χ0v) is 25.3. The highest BCUT2D eigenvalue weighted by Crippen LogP contribution is 2.26. The van der Waals surface area contributed by atoms with Crippen LogP contribution in [0.15, 0.2) is 42.6 Å². The molecule has 0 saturated heterocycles. The van der Waals surface area contributed by atoms with Gasteiger partial charge < -0.3 is 34.0 Å². The lowest BCUT2D eigenvalue weighted by atomic mass is 10.1. The van der Waals surface area contributed by atoms with Gasteiger partial charge in [-0.05, 0) is 24.6 Å². The molecule has 0 aliphatic rings. The third kappa shape index (κ3) is 13.3. The van der Waals surface area contributed by atoms with Gasteiger partial charge >= 0.3 is 0 Å². The van der Waals surface area contributed by atoms with E-state index in [2.05, 4.69) is 23.7 Å². The topological polar surface area (TPSA) is 42.2 Å². The molecular weight excluding hydrogens is 583 g/mol. The van der Waals surface area contributed by atoms with Crippen LogP contribution in [0.1, 0.15) is 113 Å². The highest BCUT2D eigenvalue weighted by molar-refractivity contribution is 6.32. The summed E-state index contributed by atoms with van der Waals surface area (Å²) < 4.78 is 8.03. The minimum atomic E-state index is -0.133. The maximum absolute atomic E-state index is 12.6. The van der Waals surface area contributed by atoms with Gasteiger partial charge in [0.1, 0.15) is 18.8 Å². The number of aromatic nitrogens is 1. The minimum absolute atomic E-state index is 0. The quantitative estimate of drug-likeness (QED) is 0.134. The van der Waals surface area contributed by atoms with Crippen LogP contribution in [0.25, 0.3) is 0 Å². The standard InChI is InChI=1S/C30H45ClN2O2.HI/c1-3-5-6-7-8-9-10-11-12-13-14-17-23-35-29-20-19-26(24-28(29)31)30(34)32-25-27-18-15-16-22-33(27)21-4-2;/h15-16,18-20,22,24H,3-14,17,21,23,25H2,1-2H3;1H. The monoisotopic (exact) mass is 628 g/mol. The fourth-order valence-corrected chi connectivity index (χ4v) is 4.52. The van der Waals surface area contributed by atoms with Crippen LogP contribution in [-0.4, -0.2) is 12.5 Å². The van der Waals surface area contributed by atoms with Crippen LogP contribution in [0.2, 0.25) is 5.02 Å². The number of rotatable bonds is 19. The maximum Gasteiger partial charge on any atom is 0.251 e. The third-order valence-electron chi connectivity index (χ3n) is 6.38. The average molecular weight is 629 g/mol. The zero-order valence-electron chi connectivity index (χ0n) is 22.4. The Morgan fingerprint density at radius 3 is 2.11 bits per heavy atom. The number of ether oxygens (including phenoxy) is 1. The molecule has 0 spiro atoms. The fraction of sp³-hybridized carbons (Fsp3) is 0.600. The molecule has 1 amide bonds. The number of carbonyl (C=O) groups is 1. The van der Waals surface area contributed by atoms with Crippen molar-refractivity contribution in [2.45, 2.75) is 110 Å². The summed E-state index contributed by atoms with van der Waals surface area (Å²) in [4.78, 5) is 12.6. The first kappa shape index (κ1) is 32.7. The van der Waals surface area contributed by atoms with E-state index in [4.69, 9.17) is 16.3 Å². The summed E-state index contributed by atoms with van der Waals surface area (Å²) in [6.45, 7) is 6.49. The number of pyridine rings is 1. The molecule has 1 aromatic heterocycles. The predicted molar refractivity (Wildman–Crippen MR) is 146 cm³/mol. The van der Waals surface area contributed by atoms with E-state index in [9.17, 15) is 4.79 Å². The molecule has 0 radical (unpaired) electrons. The summed E-state index contributed by atoms with van der Waals surface area (Å²) in [5, 5.41) is 3.48. The third-order valence-corrected chi connectivity index (χ3v) is 6.67. The molecule has 0 bridgehead atoms. The van der Waals surface area contributed by atoms with E-state index in [1.807, 2.05) is 24.4 Å². The molecular formula is C30H46ClIN2O2. The van der Waals surface area contributed by atoms with E-state index in [1.165, 1.54) is 70.6 Å². The summed E-state index contributed by atoms with van der Waals surface area (Å²) >= 11 is 6.40. The van der Waals surface area contributed by atoms with Crippen molar-refractivity contribution in [3.63, 3.8) is 0 Å². The number of benzene rings is 1. The van der Waals surface area contributed by atoms with Gasteiger partial charge in [-0.1, -0.05) is 102 Å². The van der Waals surface area contributed by atoms with Crippen LogP contribution < -0.4 is 38.6 Å². The van der Waals surface area contributed by atoms with Crippen molar-refractivity contribution in [1.29, 1.82) is 0 Å². The van der Waals surface area contributed by atoms with Gasteiger partial charge in [-0.3, -0.25) is 4.79 Å². The Morgan fingerprint density at radius 2 is 1.50 bits per heavy atom. The van der Waals surface area contributed by atoms with Gasteiger partial charge in [0.05, 0.1) is 11.6 Å². The van der Waals surface area contributed by atoms with Crippen LogP contribution in [0.4, 0.5) is 0 Å². The first-order valence-electron chi connectivity index (χ1n) is 13.8. The molecule has 1 heterocycles. The number of aryl methyl sites for hydroxylation is 1. The van der Waals surface area contributed by atoms with E-state index >= 15 is 0 Å². The molecule has 202 valence electrons. The minimum Gasteiger partial charge on any atom is -1.00 e. The van der Waals surface area contributed by atoms with Gasteiger partial charge in [0.15, 0.2) is 6.20 Å². The number of unbranched alkanes of at least 4 members (excludes halogenated alkanes) is 11. The van der Waals surface area contributed by atoms with Crippen LogP contribution in [0.3, 0.4) is 0 Å². The summed E-state index contributed by atoms with van der Waals surface area (Å²) in [6.07, 6.45) is 19.0. The van der Waals surface area contributed by atoms with E-state index in [1.54, 1.807) is 18.2 Å². The molecule has 1 N–H and O–H groups in total. The molecule has 0 aliphatic carbocycles. The highest BCUT2D eigenvalue weighted by Gasteiger charge is 2.13. The lowest BCUT2D eigenvalue weighted by Crippen LogP contribution is -3.00. The van der Waals surface area contributed by atoms with Crippen LogP contribution in [0, 0.1) is 0 Å². The molecule has 0 saturated carbocycles. The van der Waals surface area contributed by atoms with Gasteiger partial charge in [0.25, 0.3) is 5.91 Å². The van der Waals surface area contributed by atoms with Crippen LogP contribution in [-0.2, 0) is 13.1 Å². The van der Waals surface area contributed by atoms with Gasteiger partial charge in [-0.2, -0.15) is 0 Å². The van der Waals surface area contributed by atoms with Gasteiger partial charge in [0, 0.05) is 24.1 Å². The number of hydrogen-bond acceptors (Lipinski definition) is 2. The van der Waals surface area contributed by atoms with Gasteiger partial charge in [-0.15, -0.1) is 0 Å². The summed E-state index contributed by atoms with van der Waals surface area (Å²) in [5.74, 6) is 0.515. The molecule has 2 aromatic rings. The number of halogens is 2. The lowest BCUT2D eigenvalue weighted by Gasteiger charge is -2.10. The van der Waals surface area contributed by atoms with E-state index in [0.29, 0.717) is 29.5 Å². The molecule has 0 atom stereocenters. The van der Waals surface area contributed by atoms with Crippen molar-refractivity contribution in [2.75, 3.05) is 6.61 Å². The van der Waals surface area contributed by atoms with E-state index in [0.717, 1.165) is 25.1 Å². The van der Waals surface area contributed by atoms with Crippen molar-refractivity contribution in [2.24, 2.45) is 0 Å². The van der Waals surface area contributed by atoms with Crippen LogP contribution in [0.5, 0.6) is 5.75 Å². The Bertz CT molecular complexity index is 863. The second-order valence-corrected chi connectivity index (χ2v) is 9.86. The molecule has 2 rings (SSSR count). The molecule has 0 unspecified atom stereocenters. The normalized spacial score (nSPS) is 10.6. The fourth-order valence-electron chi connectivity index (χ4n) is 4.29. The summed E-state index contributed by atoms with van der Waals surface area (Å²) in [7, 11) is 0. The summed E-state index contributed by atoms with van der Waals surface area (Å²) in [5.41, 5.74) is 1.63. The number of carbonyl (C=O) groups excluding carboxylic acids is 1. The van der Waals surface area contributed by atoms with Crippen molar-refractivity contribution in [3.05, 3.63) is 58.9 Å². The SMILES string of the molecule is CCCCCCCCCCCCCCOc1ccc(C(=O)NCc2cccc[n+]2CCC)cc1Cl.[I-]. The lowest BCUT2D eigenvalue weighted by molar-refractivity contribution is -0.704. The first-order chi connectivity index (χ1) is 17.2. The Labute approximate surface area is 241 Å². The Hall–Kier alpha value is -1.34. The van der Waals surface area contributed by atoms with Crippen molar-refractivity contribution >= 4 is 17.5 Å². The van der Waals surface area contributed by atoms with E-state index < -0.39 is 0 Å². The first-order valence-corrected chi connectivity index (χ1v) is 14.2. The molecule has 1 aromatic carbocycles. The Kier molecular flexibility index (Phi) is 18.8. The van der Waals surface area contributed by atoms with Crippen LogP contribution >= 0.6 is 11.6 Å². The number of hydrogen-bond donors (Lipinski definition) is 1. The van der Waals surface area contributed by atoms with Crippen molar-refractivity contribution in [3.8, 4) is 5.75 Å². The number of amides is 1. The Morgan fingerprint density at radius 1 is 0.861 bits per heavy atom. The maximum atomic E-state index is 12.6. The Balaban J connectivity index is 0.00000648. The number of nitrogens with one attached hydrogen (secondary N) is 1. The predicted octanol–water partition coefficient (Wildman–Crippen LogP) is 5.05. The van der Waals surface area contributed by atoms with E-state index in [-0.39, 0.29) is 29.9 Å². The largest absolute Gasteiger partial charge is 1.00 e. The summed E-state index contributed by atoms with van der Waals surface area (Å²) in [6, 6.07) is 11.3. The second-order valence-electron chi connectivity index (χ2n) is 9.45. The van der Waals surface area contributed by atoms with Crippen molar-refractivity contribution < 1.29 is 38.1 Å². The molecule has 36 heavy (non-hydrogen) atoms. The molecule has 0 aliphatic heterocycles. The smallest absolute Gasteiger partial charge is 0.251 e. The van der Waals surface area contributed by atoms with Crippen molar-refractivity contribution in [1.82, 2.24) is 5.32 Å². The van der Waals surface area contributed by atoms with Gasteiger partial charge in [-0.25, -0.2) is 4.57 Å².